The predicted octanol–water partition coefficient (Wildman–Crippen LogP) is 1.73. The Balaban J connectivity index is 1.62. The molecule has 2 aliphatic rings. The van der Waals surface area contributed by atoms with Crippen molar-refractivity contribution in [2.45, 2.75) is 38.1 Å². The molecule has 0 spiro atoms. The maximum Gasteiger partial charge on any atom is 0.255 e. The van der Waals surface area contributed by atoms with Crippen molar-refractivity contribution in [3.05, 3.63) is 30.0 Å². The first-order valence-electron chi connectivity index (χ1n) is 8.90. The van der Waals surface area contributed by atoms with Crippen molar-refractivity contribution in [1.82, 2.24) is 10.3 Å². The van der Waals surface area contributed by atoms with Crippen molar-refractivity contribution in [3.8, 4) is 11.6 Å². The average molecular weight is 373 g/mol. The molecule has 1 aliphatic carbocycles. The number of hydrogen-bond donors (Lipinski definition) is 2. The van der Waals surface area contributed by atoms with Gasteiger partial charge < -0.3 is 20.5 Å². The number of aromatic nitrogens is 1. The number of pyridine rings is 1. The van der Waals surface area contributed by atoms with E-state index in [-0.39, 0.29) is 12.7 Å². The first-order valence-corrected chi connectivity index (χ1v) is 8.90. The molecule has 8 heteroatoms. The van der Waals surface area contributed by atoms with Crippen LogP contribution in [-0.2, 0) is 4.79 Å². The highest BCUT2D eigenvalue weighted by atomic mass is 19.1. The minimum absolute atomic E-state index is 0.0931. The first kappa shape index (κ1) is 17.5. The highest BCUT2D eigenvalue weighted by Gasteiger charge is 2.40. The molecule has 1 aromatic carbocycles. The van der Waals surface area contributed by atoms with Crippen LogP contribution in [-0.4, -0.2) is 41.7 Å². The van der Waals surface area contributed by atoms with Gasteiger partial charge in [0.2, 0.25) is 5.88 Å². The predicted molar refractivity (Wildman–Crippen MR) is 95.4 cm³/mol. The van der Waals surface area contributed by atoms with Gasteiger partial charge in [0.15, 0.2) is 6.17 Å². The third-order valence-corrected chi connectivity index (χ3v) is 4.99. The molecule has 27 heavy (non-hydrogen) atoms. The van der Waals surface area contributed by atoms with Gasteiger partial charge in [-0.3, -0.25) is 9.59 Å². The van der Waals surface area contributed by atoms with Crippen LogP contribution < -0.4 is 20.5 Å². The number of rotatable bonds is 6. The van der Waals surface area contributed by atoms with Crippen LogP contribution in [0.4, 0.5) is 4.39 Å². The SMILES string of the molecule is C[C@@H]1[C@H](F)C(=O)N[C@@H]1COc1nccc2cc(C(N)=O)c(OC3CC3)cc12. The molecule has 2 amide bonds. The zero-order chi connectivity index (χ0) is 19.1. The van der Waals surface area contributed by atoms with E-state index in [9.17, 15) is 14.0 Å². The standard InChI is InChI=1S/C19H20FN3O4/c1-9-14(23-18(25)16(9)20)8-26-19-12-7-15(27-11-2-3-11)13(17(21)24)6-10(12)4-5-22-19/h4-7,9,11,14,16H,2-3,8H2,1H3,(H2,21,24)(H,23,25)/t9-,14+,16-/m0/s1. The van der Waals surface area contributed by atoms with Crippen molar-refractivity contribution in [1.29, 1.82) is 0 Å². The first-order chi connectivity index (χ1) is 12.9. The summed E-state index contributed by atoms with van der Waals surface area (Å²) in [5.74, 6) is -0.936. The Hall–Kier alpha value is -2.90. The van der Waals surface area contributed by atoms with Crippen molar-refractivity contribution in [2.24, 2.45) is 11.7 Å². The number of fused-ring (bicyclic) bond motifs is 1. The third kappa shape index (κ3) is 3.39. The van der Waals surface area contributed by atoms with Crippen LogP contribution in [0, 0.1) is 5.92 Å². The largest absolute Gasteiger partial charge is 0.490 e. The lowest BCUT2D eigenvalue weighted by Gasteiger charge is -2.17. The van der Waals surface area contributed by atoms with Gasteiger partial charge in [-0.15, -0.1) is 0 Å². The Bertz CT molecular complexity index is 915. The van der Waals surface area contributed by atoms with Crippen LogP contribution in [0.15, 0.2) is 24.4 Å². The fourth-order valence-electron chi connectivity index (χ4n) is 3.14. The molecule has 142 valence electrons. The minimum atomic E-state index is -1.53. The quantitative estimate of drug-likeness (QED) is 0.803. The smallest absolute Gasteiger partial charge is 0.255 e. The number of halogens is 1. The molecule has 0 unspecified atom stereocenters. The molecule has 0 radical (unpaired) electrons. The van der Waals surface area contributed by atoms with Crippen molar-refractivity contribution in [3.63, 3.8) is 0 Å². The van der Waals surface area contributed by atoms with Crippen molar-refractivity contribution < 1.29 is 23.5 Å². The fourth-order valence-corrected chi connectivity index (χ4v) is 3.14. The Kier molecular flexibility index (Phi) is 4.33. The number of primary amides is 1. The van der Waals surface area contributed by atoms with E-state index >= 15 is 0 Å². The number of nitrogens with zero attached hydrogens (tertiary/aromatic N) is 1. The number of carbonyl (C=O) groups is 2. The molecule has 1 saturated carbocycles. The van der Waals surface area contributed by atoms with Gasteiger partial charge >= 0.3 is 0 Å². The molecule has 1 saturated heterocycles. The molecule has 2 heterocycles. The lowest BCUT2D eigenvalue weighted by atomic mass is 10.0. The molecule has 2 aromatic rings. The van der Waals surface area contributed by atoms with Crippen LogP contribution in [0.3, 0.4) is 0 Å². The summed E-state index contributed by atoms with van der Waals surface area (Å²) in [4.78, 5) is 27.5. The average Bonchev–Trinajstić information content (AvgIpc) is 3.43. The van der Waals surface area contributed by atoms with E-state index < -0.39 is 29.9 Å². The maximum absolute atomic E-state index is 13.7. The fraction of sp³-hybridized carbons (Fsp3) is 0.421. The number of alkyl halides is 1. The highest BCUT2D eigenvalue weighted by molar-refractivity contribution is 6.01. The van der Waals surface area contributed by atoms with Crippen LogP contribution in [0.25, 0.3) is 10.8 Å². The number of carbonyl (C=O) groups excluding carboxylic acids is 2. The normalized spacial score (nSPS) is 24.7. The number of amides is 2. The van der Waals surface area contributed by atoms with E-state index in [1.54, 1.807) is 31.3 Å². The summed E-state index contributed by atoms with van der Waals surface area (Å²) >= 11 is 0. The highest BCUT2D eigenvalue weighted by Crippen LogP contribution is 2.35. The Morgan fingerprint density at radius 2 is 2.19 bits per heavy atom. The Morgan fingerprint density at radius 3 is 2.81 bits per heavy atom. The van der Waals surface area contributed by atoms with E-state index in [1.807, 2.05) is 0 Å². The van der Waals surface area contributed by atoms with Gasteiger partial charge in [-0.1, -0.05) is 6.92 Å². The van der Waals surface area contributed by atoms with Gasteiger partial charge in [0.1, 0.15) is 12.4 Å². The van der Waals surface area contributed by atoms with E-state index in [0.29, 0.717) is 22.6 Å². The van der Waals surface area contributed by atoms with E-state index in [4.69, 9.17) is 15.2 Å². The maximum atomic E-state index is 13.7. The van der Waals surface area contributed by atoms with Gasteiger partial charge in [-0.05, 0) is 36.4 Å². The number of benzene rings is 1. The number of ether oxygens (including phenoxy) is 2. The summed E-state index contributed by atoms with van der Waals surface area (Å²) in [5.41, 5.74) is 5.79. The number of nitrogens with one attached hydrogen (secondary N) is 1. The van der Waals surface area contributed by atoms with Crippen molar-refractivity contribution in [2.75, 3.05) is 6.61 Å². The lowest BCUT2D eigenvalue weighted by Crippen LogP contribution is -2.34. The van der Waals surface area contributed by atoms with Gasteiger partial charge in [0, 0.05) is 17.5 Å². The molecule has 1 aliphatic heterocycles. The zero-order valence-corrected chi connectivity index (χ0v) is 14.8. The summed E-state index contributed by atoms with van der Waals surface area (Å²) in [5, 5.41) is 3.97. The summed E-state index contributed by atoms with van der Waals surface area (Å²) in [6.07, 6.45) is 2.00. The molecule has 2 fully saturated rings. The third-order valence-electron chi connectivity index (χ3n) is 4.99. The van der Waals surface area contributed by atoms with Crippen LogP contribution in [0.1, 0.15) is 30.1 Å². The number of nitrogens with two attached hydrogens (primary N) is 1. The molecule has 3 atom stereocenters. The second-order valence-corrected chi connectivity index (χ2v) is 7.05. The summed E-state index contributed by atoms with van der Waals surface area (Å²) in [7, 11) is 0. The van der Waals surface area contributed by atoms with Crippen LogP contribution in [0.2, 0.25) is 0 Å². The second-order valence-electron chi connectivity index (χ2n) is 7.05. The summed E-state index contributed by atoms with van der Waals surface area (Å²) < 4.78 is 25.3. The monoisotopic (exact) mass is 373 g/mol. The summed E-state index contributed by atoms with van der Waals surface area (Å²) in [6.45, 7) is 1.75. The van der Waals surface area contributed by atoms with Gasteiger partial charge in [-0.2, -0.15) is 0 Å². The van der Waals surface area contributed by atoms with Gasteiger partial charge in [0.05, 0.1) is 17.7 Å². The molecule has 3 N–H and O–H groups in total. The molecule has 0 bridgehead atoms. The van der Waals surface area contributed by atoms with Crippen LogP contribution in [0.5, 0.6) is 11.6 Å². The zero-order valence-electron chi connectivity index (χ0n) is 14.8. The summed E-state index contributed by atoms with van der Waals surface area (Å²) in [6, 6.07) is 4.66. The van der Waals surface area contributed by atoms with E-state index in [0.717, 1.165) is 18.2 Å². The van der Waals surface area contributed by atoms with Gasteiger partial charge in [0.25, 0.3) is 11.8 Å². The van der Waals surface area contributed by atoms with E-state index in [2.05, 4.69) is 10.3 Å². The topological polar surface area (TPSA) is 104 Å². The molecule has 4 rings (SSSR count). The number of hydrogen-bond acceptors (Lipinski definition) is 5. The molecular weight excluding hydrogens is 353 g/mol. The molecule has 1 aromatic heterocycles. The van der Waals surface area contributed by atoms with Gasteiger partial charge in [-0.25, -0.2) is 9.37 Å². The molecular formula is C19H20FN3O4. The second kappa shape index (κ2) is 6.68. The molecule has 7 nitrogen and oxygen atoms in total. The minimum Gasteiger partial charge on any atom is -0.490 e. The van der Waals surface area contributed by atoms with E-state index in [1.165, 1.54) is 0 Å². The lowest BCUT2D eigenvalue weighted by molar-refractivity contribution is -0.123. The van der Waals surface area contributed by atoms with Crippen LogP contribution >= 0.6 is 0 Å². The Morgan fingerprint density at radius 1 is 1.41 bits per heavy atom. The van der Waals surface area contributed by atoms with Crippen molar-refractivity contribution >= 4 is 22.6 Å². The Labute approximate surface area is 155 Å².